The molecule has 0 radical (unpaired) electrons. The van der Waals surface area contributed by atoms with E-state index in [0.717, 1.165) is 37.5 Å². The van der Waals surface area contributed by atoms with Crippen LogP contribution in [0.5, 0.6) is 0 Å². The van der Waals surface area contributed by atoms with Gasteiger partial charge in [-0.15, -0.1) is 10.2 Å². The van der Waals surface area contributed by atoms with E-state index in [9.17, 15) is 0 Å². The molecule has 1 aromatic rings. The zero-order valence-electron chi connectivity index (χ0n) is 12.1. The summed E-state index contributed by atoms with van der Waals surface area (Å²) in [6.07, 6.45) is 4.23. The molecule has 0 fully saturated rings. The molecule has 1 aliphatic rings. The molecule has 2 atom stereocenters. The van der Waals surface area contributed by atoms with Gasteiger partial charge >= 0.3 is 0 Å². The van der Waals surface area contributed by atoms with Crippen molar-refractivity contribution in [3.05, 3.63) is 11.6 Å². The Balaban J connectivity index is 2.04. The Morgan fingerprint density at radius 3 is 2.78 bits per heavy atom. The van der Waals surface area contributed by atoms with Crippen molar-refractivity contribution in [1.29, 1.82) is 0 Å². The van der Waals surface area contributed by atoms with Crippen molar-refractivity contribution in [1.82, 2.24) is 14.8 Å². The van der Waals surface area contributed by atoms with Crippen LogP contribution in [0, 0.1) is 11.3 Å². The first-order valence-electron chi connectivity index (χ1n) is 7.01. The molecule has 0 saturated carbocycles. The Kier molecular flexibility index (Phi) is 3.76. The molecular formula is C14H26N4. The zero-order valence-corrected chi connectivity index (χ0v) is 12.1. The predicted octanol–water partition coefficient (Wildman–Crippen LogP) is 2.17. The summed E-state index contributed by atoms with van der Waals surface area (Å²) < 4.78 is 2.24. The summed E-state index contributed by atoms with van der Waals surface area (Å²) in [6.45, 7) is 10.1. The van der Waals surface area contributed by atoms with E-state index in [-0.39, 0.29) is 6.04 Å². The second-order valence-corrected chi connectivity index (χ2v) is 7.02. The van der Waals surface area contributed by atoms with Crippen LogP contribution in [0.15, 0.2) is 0 Å². The molecule has 0 aromatic carbocycles. The second-order valence-electron chi connectivity index (χ2n) is 7.02. The first kappa shape index (κ1) is 13.5. The first-order valence-corrected chi connectivity index (χ1v) is 7.01. The van der Waals surface area contributed by atoms with Crippen LogP contribution in [0.3, 0.4) is 0 Å². The van der Waals surface area contributed by atoms with Gasteiger partial charge in [0, 0.05) is 25.4 Å². The highest BCUT2D eigenvalue weighted by Gasteiger charge is 2.23. The van der Waals surface area contributed by atoms with Crippen LogP contribution in [0.25, 0.3) is 0 Å². The maximum atomic E-state index is 6.03. The molecular weight excluding hydrogens is 224 g/mol. The van der Waals surface area contributed by atoms with Crippen molar-refractivity contribution in [2.75, 3.05) is 0 Å². The van der Waals surface area contributed by atoms with Gasteiger partial charge in [0.25, 0.3) is 0 Å². The van der Waals surface area contributed by atoms with Crippen LogP contribution < -0.4 is 5.73 Å². The molecule has 0 amide bonds. The Hall–Kier alpha value is -0.900. The van der Waals surface area contributed by atoms with Crippen molar-refractivity contribution < 1.29 is 0 Å². The highest BCUT2D eigenvalue weighted by molar-refractivity contribution is 5.01. The molecule has 4 nitrogen and oxygen atoms in total. The van der Waals surface area contributed by atoms with E-state index in [1.807, 2.05) is 0 Å². The third-order valence-corrected chi connectivity index (χ3v) is 3.55. The number of rotatable bonds is 3. The van der Waals surface area contributed by atoms with E-state index in [4.69, 9.17) is 5.73 Å². The van der Waals surface area contributed by atoms with E-state index < -0.39 is 0 Å². The lowest BCUT2D eigenvalue weighted by atomic mass is 9.84. The summed E-state index contributed by atoms with van der Waals surface area (Å²) in [4.78, 5) is 0. The Morgan fingerprint density at radius 2 is 2.11 bits per heavy atom. The van der Waals surface area contributed by atoms with Crippen molar-refractivity contribution in [2.45, 2.75) is 66.0 Å². The van der Waals surface area contributed by atoms with Crippen LogP contribution in [0.1, 0.15) is 52.2 Å². The van der Waals surface area contributed by atoms with E-state index in [2.05, 4.69) is 42.5 Å². The minimum absolute atomic E-state index is 0.269. The third kappa shape index (κ3) is 3.31. The zero-order chi connectivity index (χ0) is 13.3. The fraction of sp³-hybridized carbons (Fsp3) is 0.857. The number of aromatic nitrogens is 3. The molecule has 0 aliphatic carbocycles. The highest BCUT2D eigenvalue weighted by Crippen LogP contribution is 2.26. The lowest BCUT2D eigenvalue weighted by Crippen LogP contribution is -2.33. The minimum atomic E-state index is 0.269. The normalized spacial score (nSPS) is 21.7. The molecule has 1 aliphatic heterocycles. The Bertz CT molecular complexity index is 402. The monoisotopic (exact) mass is 250 g/mol. The highest BCUT2D eigenvalue weighted by atomic mass is 15.3. The van der Waals surface area contributed by atoms with Crippen LogP contribution in [-0.4, -0.2) is 20.8 Å². The number of hydrogen-bond donors (Lipinski definition) is 1. The van der Waals surface area contributed by atoms with Crippen LogP contribution in [0.2, 0.25) is 0 Å². The van der Waals surface area contributed by atoms with Gasteiger partial charge < -0.3 is 10.3 Å². The maximum absolute atomic E-state index is 6.03. The van der Waals surface area contributed by atoms with Gasteiger partial charge in [0.05, 0.1) is 0 Å². The van der Waals surface area contributed by atoms with E-state index in [1.165, 1.54) is 6.42 Å². The molecule has 18 heavy (non-hydrogen) atoms. The summed E-state index contributed by atoms with van der Waals surface area (Å²) in [5.41, 5.74) is 6.41. The SMILES string of the molecule is CC(Cc1nnc2n1CC(N)CC2)CC(C)(C)C. The number of aryl methyl sites for hydroxylation is 1. The van der Waals surface area contributed by atoms with Gasteiger partial charge in [-0.1, -0.05) is 27.7 Å². The largest absolute Gasteiger partial charge is 0.326 e. The summed E-state index contributed by atoms with van der Waals surface area (Å²) in [7, 11) is 0. The molecule has 0 saturated heterocycles. The number of nitrogens with zero attached hydrogens (tertiary/aromatic N) is 3. The first-order chi connectivity index (χ1) is 8.35. The van der Waals surface area contributed by atoms with Crippen molar-refractivity contribution >= 4 is 0 Å². The average Bonchev–Trinajstić information content (AvgIpc) is 2.58. The summed E-state index contributed by atoms with van der Waals surface area (Å²) in [5, 5.41) is 8.66. The van der Waals surface area contributed by atoms with Gasteiger partial charge in [0.15, 0.2) is 0 Å². The topological polar surface area (TPSA) is 56.7 Å². The van der Waals surface area contributed by atoms with Crippen molar-refractivity contribution in [3.63, 3.8) is 0 Å². The minimum Gasteiger partial charge on any atom is -0.326 e. The summed E-state index contributed by atoms with van der Waals surface area (Å²) in [5.74, 6) is 2.88. The van der Waals surface area contributed by atoms with Gasteiger partial charge in [-0.2, -0.15) is 0 Å². The summed E-state index contributed by atoms with van der Waals surface area (Å²) in [6, 6.07) is 0.269. The molecule has 2 unspecified atom stereocenters. The lowest BCUT2D eigenvalue weighted by Gasteiger charge is -2.24. The van der Waals surface area contributed by atoms with Gasteiger partial charge in [-0.3, -0.25) is 0 Å². The standard InChI is InChI=1S/C14H26N4/c1-10(8-14(2,3)4)7-13-17-16-12-6-5-11(15)9-18(12)13/h10-11H,5-9,15H2,1-4H3. The van der Waals surface area contributed by atoms with E-state index in [0.29, 0.717) is 11.3 Å². The quantitative estimate of drug-likeness (QED) is 0.894. The van der Waals surface area contributed by atoms with Gasteiger partial charge in [-0.05, 0) is 24.2 Å². The number of hydrogen-bond acceptors (Lipinski definition) is 3. The average molecular weight is 250 g/mol. The van der Waals surface area contributed by atoms with Crippen molar-refractivity contribution in [3.8, 4) is 0 Å². The predicted molar refractivity (Wildman–Crippen MR) is 73.3 cm³/mol. The van der Waals surface area contributed by atoms with Gasteiger partial charge in [-0.25, -0.2) is 0 Å². The molecule has 2 heterocycles. The maximum Gasteiger partial charge on any atom is 0.133 e. The van der Waals surface area contributed by atoms with Gasteiger partial charge in [0.2, 0.25) is 0 Å². The smallest absolute Gasteiger partial charge is 0.133 e. The third-order valence-electron chi connectivity index (χ3n) is 3.55. The van der Waals surface area contributed by atoms with Crippen LogP contribution in [0.4, 0.5) is 0 Å². The summed E-state index contributed by atoms with van der Waals surface area (Å²) >= 11 is 0. The fourth-order valence-electron chi connectivity index (χ4n) is 2.99. The number of fused-ring (bicyclic) bond motifs is 1. The molecule has 2 rings (SSSR count). The number of nitrogens with two attached hydrogens (primary N) is 1. The molecule has 0 spiro atoms. The Morgan fingerprint density at radius 1 is 1.39 bits per heavy atom. The molecule has 2 N–H and O–H groups in total. The van der Waals surface area contributed by atoms with Crippen LogP contribution in [-0.2, 0) is 19.4 Å². The van der Waals surface area contributed by atoms with Gasteiger partial charge in [0.1, 0.15) is 11.6 Å². The second kappa shape index (κ2) is 5.00. The van der Waals surface area contributed by atoms with E-state index >= 15 is 0 Å². The molecule has 0 bridgehead atoms. The molecule has 1 aromatic heterocycles. The fourth-order valence-corrected chi connectivity index (χ4v) is 2.99. The lowest BCUT2D eigenvalue weighted by molar-refractivity contribution is 0.300. The Labute approximate surface area is 110 Å². The van der Waals surface area contributed by atoms with E-state index in [1.54, 1.807) is 0 Å². The molecule has 4 heteroatoms. The molecule has 102 valence electrons. The van der Waals surface area contributed by atoms with Crippen LogP contribution >= 0.6 is 0 Å². The van der Waals surface area contributed by atoms with Crippen molar-refractivity contribution in [2.24, 2.45) is 17.1 Å².